The van der Waals surface area contributed by atoms with E-state index in [2.05, 4.69) is 36.3 Å². The van der Waals surface area contributed by atoms with E-state index >= 15 is 0 Å². The highest BCUT2D eigenvalue weighted by atomic mass is 16.3. The molecule has 1 unspecified atom stereocenters. The predicted octanol–water partition coefficient (Wildman–Crippen LogP) is 2.76. The Morgan fingerprint density at radius 3 is 3.00 bits per heavy atom. The molecule has 0 amide bonds. The number of fused-ring (bicyclic) bond motifs is 1. The van der Waals surface area contributed by atoms with Crippen molar-refractivity contribution in [2.24, 2.45) is 11.8 Å². The van der Waals surface area contributed by atoms with Gasteiger partial charge in [-0.1, -0.05) is 19.9 Å². The number of nitrogens with zero attached hydrogens (tertiary/aromatic N) is 2. The fourth-order valence-corrected chi connectivity index (χ4v) is 1.98. The van der Waals surface area contributed by atoms with Crippen molar-refractivity contribution in [2.45, 2.75) is 20.3 Å². The number of nitriles is 1. The third-order valence-electron chi connectivity index (χ3n) is 3.32. The van der Waals surface area contributed by atoms with Gasteiger partial charge >= 0.3 is 0 Å². The van der Waals surface area contributed by atoms with E-state index in [1.807, 2.05) is 12.1 Å². The largest absolute Gasteiger partial charge is 0.443 e. The molecule has 0 fully saturated rings. The molecule has 1 heterocycles. The minimum atomic E-state index is 0.0803. The summed E-state index contributed by atoms with van der Waals surface area (Å²) in [5.41, 5.74) is 2.94. The molecule has 0 saturated heterocycles. The minimum Gasteiger partial charge on any atom is -0.443 e. The zero-order chi connectivity index (χ0) is 13.7. The summed E-state index contributed by atoms with van der Waals surface area (Å²) >= 11 is 0. The molecule has 0 aliphatic carbocycles. The molecule has 0 radical (unpaired) electrons. The van der Waals surface area contributed by atoms with Crippen LogP contribution in [0.4, 0.5) is 0 Å². The molecule has 0 saturated carbocycles. The fourth-order valence-electron chi connectivity index (χ4n) is 1.98. The highest BCUT2D eigenvalue weighted by molar-refractivity contribution is 5.72. The standard InChI is InChI=1S/C15H19N3O/c1-11(2)13(8-16)9-17-6-5-12-3-4-14-15(7-12)19-10-18-14/h3-4,7,10-11,13,17H,5-6,9H2,1-2H3. The van der Waals surface area contributed by atoms with Crippen molar-refractivity contribution in [1.29, 1.82) is 5.26 Å². The van der Waals surface area contributed by atoms with E-state index in [1.165, 1.54) is 12.0 Å². The van der Waals surface area contributed by atoms with Crippen molar-refractivity contribution >= 4 is 11.1 Å². The van der Waals surface area contributed by atoms with Gasteiger partial charge in [0.1, 0.15) is 5.52 Å². The van der Waals surface area contributed by atoms with Gasteiger partial charge in [0.15, 0.2) is 12.0 Å². The summed E-state index contributed by atoms with van der Waals surface area (Å²) in [7, 11) is 0. The predicted molar refractivity (Wildman–Crippen MR) is 74.5 cm³/mol. The first-order chi connectivity index (χ1) is 9.20. The van der Waals surface area contributed by atoms with Gasteiger partial charge in [0.05, 0.1) is 12.0 Å². The molecule has 1 atom stereocenters. The van der Waals surface area contributed by atoms with Crippen LogP contribution in [-0.2, 0) is 6.42 Å². The molecule has 4 nitrogen and oxygen atoms in total. The van der Waals surface area contributed by atoms with Gasteiger partial charge in [-0.15, -0.1) is 0 Å². The summed E-state index contributed by atoms with van der Waals surface area (Å²) in [5, 5.41) is 12.3. The van der Waals surface area contributed by atoms with Crippen molar-refractivity contribution in [3.05, 3.63) is 30.2 Å². The maximum atomic E-state index is 9.00. The molecule has 1 N–H and O–H groups in total. The second-order valence-electron chi connectivity index (χ2n) is 5.09. The van der Waals surface area contributed by atoms with E-state index in [4.69, 9.17) is 9.68 Å². The van der Waals surface area contributed by atoms with Crippen LogP contribution in [0, 0.1) is 23.2 Å². The fraction of sp³-hybridized carbons (Fsp3) is 0.467. The molecule has 100 valence electrons. The Morgan fingerprint density at radius 1 is 1.42 bits per heavy atom. The van der Waals surface area contributed by atoms with E-state index in [0.717, 1.165) is 30.6 Å². The SMILES string of the molecule is CC(C)C(C#N)CNCCc1ccc2ncoc2c1. The second-order valence-corrected chi connectivity index (χ2v) is 5.09. The number of hydrogen-bond donors (Lipinski definition) is 1. The molecule has 2 aromatic rings. The van der Waals surface area contributed by atoms with Crippen LogP contribution in [0.1, 0.15) is 19.4 Å². The van der Waals surface area contributed by atoms with Crippen molar-refractivity contribution in [3.8, 4) is 6.07 Å². The van der Waals surface area contributed by atoms with Gasteiger partial charge in [0, 0.05) is 6.54 Å². The van der Waals surface area contributed by atoms with Crippen LogP contribution in [0.15, 0.2) is 29.0 Å². The Balaban J connectivity index is 1.81. The second kappa shape index (κ2) is 6.35. The zero-order valence-electron chi connectivity index (χ0n) is 11.4. The molecule has 1 aromatic carbocycles. The summed E-state index contributed by atoms with van der Waals surface area (Å²) in [6.07, 6.45) is 2.39. The third kappa shape index (κ3) is 3.55. The number of nitrogens with one attached hydrogen (secondary N) is 1. The van der Waals surface area contributed by atoms with Crippen molar-refractivity contribution in [2.75, 3.05) is 13.1 Å². The first-order valence-corrected chi connectivity index (χ1v) is 6.63. The summed E-state index contributed by atoms with van der Waals surface area (Å²) < 4.78 is 5.28. The lowest BCUT2D eigenvalue weighted by molar-refractivity contribution is 0.444. The average Bonchev–Trinajstić information content (AvgIpc) is 2.85. The Morgan fingerprint density at radius 2 is 2.26 bits per heavy atom. The first kappa shape index (κ1) is 13.6. The lowest BCUT2D eigenvalue weighted by Crippen LogP contribution is -2.26. The Hall–Kier alpha value is -1.86. The molecular weight excluding hydrogens is 238 g/mol. The van der Waals surface area contributed by atoms with Crippen LogP contribution in [0.3, 0.4) is 0 Å². The monoisotopic (exact) mass is 257 g/mol. The van der Waals surface area contributed by atoms with E-state index in [-0.39, 0.29) is 5.92 Å². The number of oxazole rings is 1. The van der Waals surface area contributed by atoms with Crippen LogP contribution in [0.25, 0.3) is 11.1 Å². The van der Waals surface area contributed by atoms with E-state index in [9.17, 15) is 0 Å². The Kier molecular flexibility index (Phi) is 4.53. The van der Waals surface area contributed by atoms with Crippen LogP contribution in [-0.4, -0.2) is 18.1 Å². The molecule has 1 aromatic heterocycles. The van der Waals surface area contributed by atoms with Crippen LogP contribution >= 0.6 is 0 Å². The van der Waals surface area contributed by atoms with Gasteiger partial charge in [0.25, 0.3) is 0 Å². The molecule has 0 bridgehead atoms. The quantitative estimate of drug-likeness (QED) is 0.808. The first-order valence-electron chi connectivity index (χ1n) is 6.63. The summed E-state index contributed by atoms with van der Waals surface area (Å²) in [4.78, 5) is 4.09. The van der Waals surface area contributed by atoms with E-state index in [1.54, 1.807) is 0 Å². The van der Waals surface area contributed by atoms with Crippen LogP contribution in [0.5, 0.6) is 0 Å². The molecule has 0 spiro atoms. The maximum Gasteiger partial charge on any atom is 0.181 e. The number of rotatable bonds is 6. The zero-order valence-corrected chi connectivity index (χ0v) is 11.4. The van der Waals surface area contributed by atoms with Crippen LogP contribution < -0.4 is 5.32 Å². The van der Waals surface area contributed by atoms with Gasteiger partial charge in [-0.3, -0.25) is 0 Å². The van der Waals surface area contributed by atoms with Crippen molar-refractivity contribution in [3.63, 3.8) is 0 Å². The average molecular weight is 257 g/mol. The summed E-state index contributed by atoms with van der Waals surface area (Å²) in [6, 6.07) is 8.40. The van der Waals surface area contributed by atoms with E-state index in [0.29, 0.717) is 5.92 Å². The van der Waals surface area contributed by atoms with Gasteiger partial charge in [0.2, 0.25) is 0 Å². The summed E-state index contributed by atoms with van der Waals surface area (Å²) in [6.45, 7) is 5.77. The molecular formula is C15H19N3O. The molecule has 2 rings (SSSR count). The Labute approximate surface area is 113 Å². The number of benzene rings is 1. The van der Waals surface area contributed by atoms with Gasteiger partial charge in [-0.25, -0.2) is 4.98 Å². The molecule has 4 heteroatoms. The topological polar surface area (TPSA) is 61.9 Å². The van der Waals surface area contributed by atoms with Gasteiger partial charge in [-0.2, -0.15) is 5.26 Å². The molecule has 0 aliphatic heterocycles. The smallest absolute Gasteiger partial charge is 0.181 e. The Bertz CT molecular complexity index is 568. The highest BCUT2D eigenvalue weighted by Crippen LogP contribution is 2.14. The lowest BCUT2D eigenvalue weighted by atomic mass is 9.97. The lowest BCUT2D eigenvalue weighted by Gasteiger charge is -2.13. The summed E-state index contributed by atoms with van der Waals surface area (Å²) in [5.74, 6) is 0.472. The number of aromatic nitrogens is 1. The normalized spacial score (nSPS) is 12.7. The highest BCUT2D eigenvalue weighted by Gasteiger charge is 2.11. The maximum absolute atomic E-state index is 9.00. The molecule has 0 aliphatic rings. The van der Waals surface area contributed by atoms with Crippen molar-refractivity contribution < 1.29 is 4.42 Å². The van der Waals surface area contributed by atoms with Gasteiger partial charge < -0.3 is 9.73 Å². The minimum absolute atomic E-state index is 0.0803. The third-order valence-corrected chi connectivity index (χ3v) is 3.32. The van der Waals surface area contributed by atoms with Crippen molar-refractivity contribution in [1.82, 2.24) is 10.3 Å². The van der Waals surface area contributed by atoms with Gasteiger partial charge in [-0.05, 0) is 36.6 Å². The molecule has 19 heavy (non-hydrogen) atoms. The van der Waals surface area contributed by atoms with Crippen LogP contribution in [0.2, 0.25) is 0 Å². The van der Waals surface area contributed by atoms with E-state index < -0.39 is 0 Å². The number of hydrogen-bond acceptors (Lipinski definition) is 4.